The maximum atomic E-state index is 13.5. The fraction of sp³-hybridized carbons (Fsp3) is 0.192. The smallest absolute Gasteiger partial charge is 0.258 e. The van der Waals surface area contributed by atoms with Crippen LogP contribution >= 0.6 is 11.3 Å². The van der Waals surface area contributed by atoms with Gasteiger partial charge in [-0.15, -0.1) is 11.3 Å². The number of halogens is 1. The number of carbonyl (C=O) groups excluding carboxylic acids is 1. The van der Waals surface area contributed by atoms with Crippen LogP contribution in [0.5, 0.6) is 11.5 Å². The van der Waals surface area contributed by atoms with E-state index in [1.165, 1.54) is 23.5 Å². The lowest BCUT2D eigenvalue weighted by Gasteiger charge is -2.30. The molecule has 10 nitrogen and oxygen atoms in total. The Kier molecular flexibility index (Phi) is 6.40. The highest BCUT2D eigenvalue weighted by Crippen LogP contribution is 2.39. The Balaban J connectivity index is 1.13. The van der Waals surface area contributed by atoms with Crippen LogP contribution in [0.15, 0.2) is 60.7 Å². The summed E-state index contributed by atoms with van der Waals surface area (Å²) in [5, 5.41) is 27.5. The summed E-state index contributed by atoms with van der Waals surface area (Å²) in [6.07, 6.45) is -0.288. The quantitative estimate of drug-likeness (QED) is 0.286. The van der Waals surface area contributed by atoms with Crippen LogP contribution in [-0.4, -0.2) is 43.2 Å². The van der Waals surface area contributed by atoms with Crippen LogP contribution in [0.3, 0.4) is 0 Å². The van der Waals surface area contributed by atoms with Gasteiger partial charge in [-0.3, -0.25) is 10.1 Å². The highest BCUT2D eigenvalue weighted by atomic mass is 32.1. The van der Waals surface area contributed by atoms with Gasteiger partial charge in [0, 0.05) is 23.1 Å². The molecule has 3 heterocycles. The lowest BCUT2D eigenvalue weighted by molar-refractivity contribution is 0.0504. The molecule has 3 aromatic carbocycles. The van der Waals surface area contributed by atoms with Gasteiger partial charge in [0.1, 0.15) is 28.9 Å². The first-order valence-electron chi connectivity index (χ1n) is 11.8. The summed E-state index contributed by atoms with van der Waals surface area (Å²) in [7, 11) is 0. The number of tetrazole rings is 1. The normalized spacial score (nSPS) is 16.6. The van der Waals surface area contributed by atoms with Crippen molar-refractivity contribution in [2.75, 3.05) is 11.9 Å². The molecule has 1 aliphatic heterocycles. The van der Waals surface area contributed by atoms with Crippen LogP contribution < -0.4 is 14.8 Å². The number of amides is 1. The molecule has 0 fully saturated rings. The molecule has 5 aromatic rings. The number of fused-ring (bicyclic) bond motifs is 2. The number of aliphatic hydroxyl groups excluding tert-OH is 1. The van der Waals surface area contributed by atoms with Gasteiger partial charge in [-0.05, 0) is 64.9 Å². The summed E-state index contributed by atoms with van der Waals surface area (Å²) in [5.74, 6) is 0.420. The first-order chi connectivity index (χ1) is 18.5. The Labute approximate surface area is 219 Å². The molecule has 0 bridgehead atoms. The number of aliphatic hydroxyl groups is 1. The van der Waals surface area contributed by atoms with Crippen molar-refractivity contribution in [3.8, 4) is 11.5 Å². The second kappa shape index (κ2) is 10.1. The molecule has 2 atom stereocenters. The lowest BCUT2D eigenvalue weighted by Crippen LogP contribution is -2.27. The van der Waals surface area contributed by atoms with Crippen molar-refractivity contribution in [1.29, 1.82) is 0 Å². The molecular formula is C26H21FN6O4S. The zero-order valence-corrected chi connectivity index (χ0v) is 20.6. The average Bonchev–Trinajstić information content (AvgIpc) is 3.58. The predicted molar refractivity (Wildman–Crippen MR) is 137 cm³/mol. The number of thiazole rings is 1. The van der Waals surface area contributed by atoms with Crippen molar-refractivity contribution in [2.45, 2.75) is 19.1 Å². The third-order valence-electron chi connectivity index (χ3n) is 6.22. The Morgan fingerprint density at radius 2 is 2.13 bits per heavy atom. The number of benzene rings is 3. The first kappa shape index (κ1) is 23.9. The summed E-state index contributed by atoms with van der Waals surface area (Å²) >= 11 is 1.44. The topological polar surface area (TPSA) is 135 Å². The van der Waals surface area contributed by atoms with E-state index in [2.05, 4.69) is 30.9 Å². The zero-order valence-electron chi connectivity index (χ0n) is 19.8. The van der Waals surface area contributed by atoms with E-state index in [-0.39, 0.29) is 30.2 Å². The zero-order chi connectivity index (χ0) is 26.1. The molecule has 3 N–H and O–H groups in total. The first-order valence-corrected chi connectivity index (χ1v) is 12.6. The number of hydrogen-bond donors (Lipinski definition) is 3. The fourth-order valence-corrected chi connectivity index (χ4v) is 5.24. The summed E-state index contributed by atoms with van der Waals surface area (Å²) in [5.41, 5.74) is 2.56. The minimum atomic E-state index is -0.787. The van der Waals surface area contributed by atoms with Crippen molar-refractivity contribution in [1.82, 2.24) is 25.6 Å². The minimum Gasteiger partial charge on any atom is -0.493 e. The van der Waals surface area contributed by atoms with Gasteiger partial charge in [0.05, 0.1) is 22.9 Å². The molecule has 38 heavy (non-hydrogen) atoms. The molecule has 2 aromatic heterocycles. The molecule has 0 unspecified atom stereocenters. The number of ether oxygens (including phenoxy) is 2. The van der Waals surface area contributed by atoms with Crippen molar-refractivity contribution in [3.63, 3.8) is 0 Å². The molecule has 0 aliphatic carbocycles. The molecular weight excluding hydrogens is 511 g/mol. The van der Waals surface area contributed by atoms with E-state index < -0.39 is 6.10 Å². The van der Waals surface area contributed by atoms with E-state index in [1.807, 2.05) is 6.07 Å². The Bertz CT molecular complexity index is 1610. The molecule has 1 amide bonds. The number of rotatable bonds is 7. The second-order valence-electron chi connectivity index (χ2n) is 8.83. The minimum absolute atomic E-state index is 0.156. The van der Waals surface area contributed by atoms with Crippen molar-refractivity contribution in [2.24, 2.45) is 5.92 Å². The summed E-state index contributed by atoms with van der Waals surface area (Å²) < 4.78 is 26.2. The van der Waals surface area contributed by atoms with Crippen molar-refractivity contribution < 1.29 is 23.8 Å². The van der Waals surface area contributed by atoms with Gasteiger partial charge in [0.2, 0.25) is 5.95 Å². The monoisotopic (exact) mass is 532 g/mol. The number of nitrogens with one attached hydrogen (secondary N) is 2. The molecule has 0 saturated carbocycles. The Hall–Kier alpha value is -4.42. The van der Waals surface area contributed by atoms with E-state index in [0.717, 1.165) is 15.3 Å². The fourth-order valence-electron chi connectivity index (χ4n) is 4.38. The number of H-pyrrole nitrogens is 1. The maximum Gasteiger partial charge on any atom is 0.258 e. The van der Waals surface area contributed by atoms with Gasteiger partial charge in [0.15, 0.2) is 0 Å². The molecule has 192 valence electrons. The van der Waals surface area contributed by atoms with Gasteiger partial charge in [0.25, 0.3) is 5.91 Å². The van der Waals surface area contributed by atoms with E-state index in [9.17, 15) is 14.3 Å². The largest absolute Gasteiger partial charge is 0.493 e. The van der Waals surface area contributed by atoms with Gasteiger partial charge in [-0.1, -0.05) is 17.2 Å². The molecule has 1 aliphatic rings. The van der Waals surface area contributed by atoms with Gasteiger partial charge < -0.3 is 14.6 Å². The average molecular weight is 533 g/mol. The van der Waals surface area contributed by atoms with E-state index in [1.54, 1.807) is 42.5 Å². The van der Waals surface area contributed by atoms with Crippen LogP contribution in [0, 0.1) is 11.7 Å². The Morgan fingerprint density at radius 1 is 1.21 bits per heavy atom. The molecule has 0 radical (unpaired) electrons. The number of carbonyl (C=O) groups is 1. The van der Waals surface area contributed by atoms with Gasteiger partial charge in [-0.25, -0.2) is 14.5 Å². The van der Waals surface area contributed by atoms with Crippen molar-refractivity contribution in [3.05, 3.63) is 88.2 Å². The maximum absolute atomic E-state index is 13.5. The highest BCUT2D eigenvalue weighted by Gasteiger charge is 2.30. The van der Waals surface area contributed by atoms with Crippen molar-refractivity contribution >= 4 is 33.4 Å². The van der Waals surface area contributed by atoms with Crippen LogP contribution in [0.2, 0.25) is 0 Å². The SMILES string of the molecule is O=C(Nc1nnn[nH]1)c1cccc(C[C@@H]2COc3ccc(OCc4nc5cc(F)ccc5s4)cc3[C@@H]2O)c1. The van der Waals surface area contributed by atoms with Crippen LogP contribution in [0.4, 0.5) is 10.3 Å². The van der Waals surface area contributed by atoms with E-state index >= 15 is 0 Å². The standard InChI is InChI=1S/C26H21FN6O4S/c27-17-4-7-22-20(10-17)28-23(38-22)13-36-18-5-6-21-19(11-18)24(34)16(12-37-21)9-14-2-1-3-15(8-14)25(35)29-26-30-32-33-31-26/h1-8,10-11,16,24,34H,9,12-13H2,(H2,29,30,31,32,33,35)/t16-,24-/m1/s1. The third kappa shape index (κ3) is 5.04. The number of hydrogen-bond acceptors (Lipinski definition) is 9. The predicted octanol–water partition coefficient (Wildman–Crippen LogP) is 4.06. The third-order valence-corrected chi connectivity index (χ3v) is 7.23. The second-order valence-corrected chi connectivity index (χ2v) is 9.95. The number of anilines is 1. The van der Waals surface area contributed by atoms with Crippen LogP contribution in [0.25, 0.3) is 10.2 Å². The summed E-state index contributed by atoms with van der Waals surface area (Å²) in [6, 6.07) is 17.0. The lowest BCUT2D eigenvalue weighted by atomic mass is 9.87. The van der Waals surface area contributed by atoms with E-state index in [0.29, 0.717) is 41.2 Å². The van der Waals surface area contributed by atoms with Gasteiger partial charge >= 0.3 is 0 Å². The van der Waals surface area contributed by atoms with Crippen LogP contribution in [-0.2, 0) is 13.0 Å². The van der Waals surface area contributed by atoms with Crippen LogP contribution in [0.1, 0.15) is 32.6 Å². The Morgan fingerprint density at radius 3 is 3.00 bits per heavy atom. The molecule has 0 spiro atoms. The molecule has 12 heteroatoms. The summed E-state index contributed by atoms with van der Waals surface area (Å²) in [4.78, 5) is 16.9. The highest BCUT2D eigenvalue weighted by molar-refractivity contribution is 7.18. The number of aromatic amines is 1. The van der Waals surface area contributed by atoms with E-state index in [4.69, 9.17) is 9.47 Å². The molecule has 6 rings (SSSR count). The summed E-state index contributed by atoms with van der Waals surface area (Å²) in [6.45, 7) is 0.552. The number of aromatic nitrogens is 5. The number of nitrogens with zero attached hydrogens (tertiary/aromatic N) is 4. The van der Waals surface area contributed by atoms with Gasteiger partial charge in [-0.2, -0.15) is 0 Å². The molecule has 0 saturated heterocycles.